The molecule has 2 heterocycles. The third kappa shape index (κ3) is 2.41. The molecule has 4 aromatic rings. The molecule has 0 amide bonds. The number of aromatic carboxylic acids is 1. The lowest BCUT2D eigenvalue weighted by Crippen LogP contribution is -2.19. The molecular formula is C19H12ClFN4O3. The molecule has 0 radical (unpaired) electrons. The average Bonchev–Trinajstić information content (AvgIpc) is 3.41. The first-order valence-corrected chi connectivity index (χ1v) is 8.95. The summed E-state index contributed by atoms with van der Waals surface area (Å²) in [4.78, 5) is 24.1. The highest BCUT2D eigenvalue weighted by Crippen LogP contribution is 2.39. The highest BCUT2D eigenvalue weighted by atomic mass is 35.5. The average molecular weight is 399 g/mol. The van der Waals surface area contributed by atoms with Gasteiger partial charge in [0.1, 0.15) is 16.6 Å². The summed E-state index contributed by atoms with van der Waals surface area (Å²) in [6.07, 6.45) is 3.02. The van der Waals surface area contributed by atoms with Gasteiger partial charge in [0, 0.05) is 17.3 Å². The van der Waals surface area contributed by atoms with E-state index in [1.54, 1.807) is 28.8 Å². The summed E-state index contributed by atoms with van der Waals surface area (Å²) >= 11 is 5.92. The standard InChI is InChI=1S/C19H12ClFN4O3/c20-9-1-3-11(4-2-9)25-17-14(21)7-12-16(15(17)22-23-25)24(10-5-6-10)8-13(18(12)26)19(27)28/h1-4,7-8,10H,5-6H2,(H,27,28). The van der Waals surface area contributed by atoms with Gasteiger partial charge < -0.3 is 9.67 Å². The van der Waals surface area contributed by atoms with E-state index in [0.717, 1.165) is 18.9 Å². The fourth-order valence-corrected chi connectivity index (χ4v) is 3.57. The number of pyridine rings is 1. The summed E-state index contributed by atoms with van der Waals surface area (Å²) in [5, 5.41) is 18.1. The van der Waals surface area contributed by atoms with Crippen molar-refractivity contribution in [3.05, 3.63) is 63.2 Å². The lowest BCUT2D eigenvalue weighted by atomic mass is 10.1. The van der Waals surface area contributed by atoms with Crippen molar-refractivity contribution in [3.63, 3.8) is 0 Å². The van der Waals surface area contributed by atoms with Crippen molar-refractivity contribution in [3.8, 4) is 5.69 Å². The molecule has 0 saturated heterocycles. The van der Waals surface area contributed by atoms with Crippen LogP contribution in [0.5, 0.6) is 0 Å². The largest absolute Gasteiger partial charge is 0.477 e. The van der Waals surface area contributed by atoms with Gasteiger partial charge in [0.15, 0.2) is 5.82 Å². The number of benzene rings is 2. The van der Waals surface area contributed by atoms with Crippen molar-refractivity contribution in [2.75, 3.05) is 0 Å². The van der Waals surface area contributed by atoms with Crippen molar-refractivity contribution in [2.45, 2.75) is 18.9 Å². The second-order valence-corrected chi connectivity index (χ2v) is 7.18. The van der Waals surface area contributed by atoms with E-state index in [0.29, 0.717) is 16.2 Å². The van der Waals surface area contributed by atoms with Crippen LogP contribution in [-0.2, 0) is 0 Å². The van der Waals surface area contributed by atoms with E-state index in [2.05, 4.69) is 10.3 Å². The predicted molar refractivity (Wildman–Crippen MR) is 101 cm³/mol. The van der Waals surface area contributed by atoms with Gasteiger partial charge in [-0.15, -0.1) is 5.10 Å². The molecule has 9 heteroatoms. The van der Waals surface area contributed by atoms with Crippen LogP contribution in [0.4, 0.5) is 4.39 Å². The third-order valence-electron chi connectivity index (χ3n) is 4.90. The van der Waals surface area contributed by atoms with Gasteiger partial charge in [-0.2, -0.15) is 0 Å². The van der Waals surface area contributed by atoms with E-state index >= 15 is 4.39 Å². The van der Waals surface area contributed by atoms with Crippen molar-refractivity contribution in [2.24, 2.45) is 0 Å². The van der Waals surface area contributed by atoms with Crippen LogP contribution in [-0.4, -0.2) is 30.6 Å². The van der Waals surface area contributed by atoms with Crippen LogP contribution in [0.25, 0.3) is 27.6 Å². The Morgan fingerprint density at radius 3 is 2.57 bits per heavy atom. The Bertz CT molecular complexity index is 1340. The zero-order chi connectivity index (χ0) is 19.6. The molecule has 0 unspecified atom stereocenters. The fraction of sp³-hybridized carbons (Fsp3) is 0.158. The van der Waals surface area contributed by atoms with Crippen molar-refractivity contribution < 1.29 is 14.3 Å². The Balaban J connectivity index is 1.90. The molecule has 0 spiro atoms. The number of carboxylic acids is 1. The van der Waals surface area contributed by atoms with Crippen LogP contribution in [0.3, 0.4) is 0 Å². The molecule has 1 fully saturated rings. The van der Waals surface area contributed by atoms with E-state index in [1.165, 1.54) is 10.9 Å². The van der Waals surface area contributed by atoms with Gasteiger partial charge >= 0.3 is 5.97 Å². The molecule has 7 nitrogen and oxygen atoms in total. The molecule has 0 aliphatic heterocycles. The first-order valence-electron chi connectivity index (χ1n) is 8.57. The first-order chi connectivity index (χ1) is 13.5. The molecule has 0 atom stereocenters. The monoisotopic (exact) mass is 398 g/mol. The van der Waals surface area contributed by atoms with Crippen molar-refractivity contribution >= 4 is 39.5 Å². The minimum atomic E-state index is -1.34. The van der Waals surface area contributed by atoms with Gasteiger partial charge in [0.25, 0.3) is 0 Å². The quantitative estimate of drug-likeness (QED) is 0.570. The number of halogens is 2. The summed E-state index contributed by atoms with van der Waals surface area (Å²) in [5.74, 6) is -2.05. The molecule has 5 rings (SSSR count). The molecule has 28 heavy (non-hydrogen) atoms. The molecule has 1 aliphatic carbocycles. The Morgan fingerprint density at radius 2 is 1.93 bits per heavy atom. The van der Waals surface area contributed by atoms with Crippen LogP contribution in [0.2, 0.25) is 5.02 Å². The molecule has 0 bridgehead atoms. The van der Waals surface area contributed by atoms with Gasteiger partial charge in [-0.25, -0.2) is 13.9 Å². The van der Waals surface area contributed by atoms with E-state index in [4.69, 9.17) is 11.6 Å². The topological polar surface area (TPSA) is 90.0 Å². The highest BCUT2D eigenvalue weighted by Gasteiger charge is 2.29. The Kier molecular flexibility index (Phi) is 3.54. The summed E-state index contributed by atoms with van der Waals surface area (Å²) < 4.78 is 18.1. The van der Waals surface area contributed by atoms with Gasteiger partial charge in [-0.1, -0.05) is 16.8 Å². The lowest BCUT2D eigenvalue weighted by molar-refractivity contribution is 0.0695. The summed E-state index contributed by atoms with van der Waals surface area (Å²) in [5.41, 5.74) is 0.170. The maximum Gasteiger partial charge on any atom is 0.341 e. The molecule has 140 valence electrons. The molecule has 2 aromatic heterocycles. The van der Waals surface area contributed by atoms with Crippen molar-refractivity contribution in [1.82, 2.24) is 19.6 Å². The first kappa shape index (κ1) is 16.9. The van der Waals surface area contributed by atoms with E-state index in [1.807, 2.05) is 0 Å². The van der Waals surface area contributed by atoms with Gasteiger partial charge in [0.05, 0.1) is 16.6 Å². The number of carboxylic acid groups (broad SMARTS) is 1. The van der Waals surface area contributed by atoms with E-state index < -0.39 is 17.2 Å². The number of carbonyl (C=O) groups is 1. The maximum atomic E-state index is 15.0. The van der Waals surface area contributed by atoms with Crippen LogP contribution < -0.4 is 5.43 Å². The Hall–Kier alpha value is -3.26. The second kappa shape index (κ2) is 5.87. The SMILES string of the molecule is O=C(O)c1cn(C2CC2)c2c(cc(F)c3c2nnn3-c2ccc(Cl)cc2)c1=O. The van der Waals surface area contributed by atoms with Crippen LogP contribution in [0.15, 0.2) is 41.3 Å². The van der Waals surface area contributed by atoms with Crippen LogP contribution >= 0.6 is 11.6 Å². The number of nitrogens with zero attached hydrogens (tertiary/aromatic N) is 4. The summed E-state index contributed by atoms with van der Waals surface area (Å²) in [7, 11) is 0. The molecular weight excluding hydrogens is 387 g/mol. The zero-order valence-electron chi connectivity index (χ0n) is 14.3. The predicted octanol–water partition coefficient (Wildman–Crippen LogP) is 3.56. The van der Waals surface area contributed by atoms with Gasteiger partial charge in [-0.3, -0.25) is 4.79 Å². The molecule has 2 aromatic carbocycles. The maximum absolute atomic E-state index is 15.0. The van der Waals surface area contributed by atoms with Gasteiger partial charge in [-0.05, 0) is 43.2 Å². The second-order valence-electron chi connectivity index (χ2n) is 6.74. The highest BCUT2D eigenvalue weighted by molar-refractivity contribution is 6.30. The summed E-state index contributed by atoms with van der Waals surface area (Å²) in [6, 6.07) is 7.80. The number of rotatable bonds is 3. The molecule has 1 N–H and O–H groups in total. The number of hydrogen-bond donors (Lipinski definition) is 1. The lowest BCUT2D eigenvalue weighted by Gasteiger charge is -2.12. The van der Waals surface area contributed by atoms with Crippen LogP contribution in [0, 0.1) is 5.82 Å². The zero-order valence-corrected chi connectivity index (χ0v) is 15.0. The smallest absolute Gasteiger partial charge is 0.341 e. The normalized spacial score (nSPS) is 14.1. The number of aromatic nitrogens is 4. The summed E-state index contributed by atoms with van der Waals surface area (Å²) in [6.45, 7) is 0. The molecule has 1 aliphatic rings. The minimum Gasteiger partial charge on any atom is -0.477 e. The van der Waals surface area contributed by atoms with E-state index in [-0.39, 0.29) is 28.0 Å². The van der Waals surface area contributed by atoms with Gasteiger partial charge in [0.2, 0.25) is 5.43 Å². The minimum absolute atomic E-state index is 0.0139. The fourth-order valence-electron chi connectivity index (χ4n) is 3.44. The Labute approximate surface area is 161 Å². The third-order valence-corrected chi connectivity index (χ3v) is 5.16. The van der Waals surface area contributed by atoms with E-state index in [9.17, 15) is 14.7 Å². The van der Waals surface area contributed by atoms with Crippen LogP contribution in [0.1, 0.15) is 29.2 Å². The number of hydrogen-bond acceptors (Lipinski definition) is 4. The van der Waals surface area contributed by atoms with Crippen molar-refractivity contribution in [1.29, 1.82) is 0 Å². The Morgan fingerprint density at radius 1 is 1.21 bits per heavy atom. The molecule has 1 saturated carbocycles. The number of fused-ring (bicyclic) bond motifs is 3.